The van der Waals surface area contributed by atoms with Gasteiger partial charge >= 0.3 is 6.36 Å². The van der Waals surface area contributed by atoms with Crippen molar-refractivity contribution < 1.29 is 23.0 Å². The average molecular weight is 172 g/mol. The van der Waals surface area contributed by atoms with E-state index in [4.69, 9.17) is 5.11 Å². The van der Waals surface area contributed by atoms with Crippen LogP contribution in [-0.4, -0.2) is 17.8 Å². The van der Waals surface area contributed by atoms with E-state index in [0.29, 0.717) is 6.42 Å². The van der Waals surface area contributed by atoms with Gasteiger partial charge in [-0.2, -0.15) is 0 Å². The van der Waals surface area contributed by atoms with Crippen LogP contribution in [0.3, 0.4) is 0 Å². The summed E-state index contributed by atoms with van der Waals surface area (Å²) in [7, 11) is 0. The molecule has 1 unspecified atom stereocenters. The van der Waals surface area contributed by atoms with Gasteiger partial charge in [-0.05, 0) is 12.8 Å². The first-order chi connectivity index (χ1) is 4.95. The first-order valence-electron chi connectivity index (χ1n) is 3.38. The van der Waals surface area contributed by atoms with Crippen molar-refractivity contribution in [3.63, 3.8) is 0 Å². The average Bonchev–Trinajstić information content (AvgIpc) is 1.79. The predicted octanol–water partition coefficient (Wildman–Crippen LogP) is 2.03. The molecular weight excluding hydrogens is 161 g/mol. The van der Waals surface area contributed by atoms with Crippen molar-refractivity contribution in [2.45, 2.75) is 38.8 Å². The van der Waals surface area contributed by atoms with E-state index in [1.165, 1.54) is 0 Å². The summed E-state index contributed by atoms with van der Waals surface area (Å²) >= 11 is 0. The van der Waals surface area contributed by atoms with Crippen LogP contribution in [0.25, 0.3) is 0 Å². The number of hydrogen-bond acceptors (Lipinski definition) is 2. The molecule has 1 N–H and O–H groups in total. The number of aliphatic hydroxyl groups excluding tert-OH is 1. The van der Waals surface area contributed by atoms with E-state index >= 15 is 0 Å². The summed E-state index contributed by atoms with van der Waals surface area (Å²) < 4.78 is 37.3. The van der Waals surface area contributed by atoms with Crippen LogP contribution < -0.4 is 0 Å². The second-order valence-electron chi connectivity index (χ2n) is 2.16. The lowest BCUT2D eigenvalue weighted by Crippen LogP contribution is -2.23. The molecular formula is C6H11F3O2. The zero-order chi connectivity index (χ0) is 8.91. The molecule has 0 radical (unpaired) electrons. The third-order valence-corrected chi connectivity index (χ3v) is 1.07. The van der Waals surface area contributed by atoms with Crippen LogP contribution in [0, 0.1) is 0 Å². The summed E-state index contributed by atoms with van der Waals surface area (Å²) in [4.78, 5) is 0. The molecule has 0 heterocycles. The van der Waals surface area contributed by atoms with Crippen LogP contribution in [-0.2, 0) is 4.74 Å². The van der Waals surface area contributed by atoms with Crippen molar-refractivity contribution in [2.75, 3.05) is 0 Å². The minimum atomic E-state index is -4.73. The fraction of sp³-hybridized carbons (Fsp3) is 1.00. The summed E-state index contributed by atoms with van der Waals surface area (Å²) in [6.45, 7) is 1.82. The molecule has 0 bridgehead atoms. The number of ether oxygens (including phenoxy) is 1. The van der Waals surface area contributed by atoms with E-state index in [0.717, 1.165) is 6.42 Å². The molecule has 0 aromatic rings. The van der Waals surface area contributed by atoms with Gasteiger partial charge in [0.15, 0.2) is 6.29 Å². The molecule has 0 aliphatic heterocycles. The highest BCUT2D eigenvalue weighted by Crippen LogP contribution is 2.19. The zero-order valence-electron chi connectivity index (χ0n) is 6.19. The summed E-state index contributed by atoms with van der Waals surface area (Å²) in [5.74, 6) is 0. The Bertz CT molecular complexity index is 102. The number of hydrogen-bond donors (Lipinski definition) is 1. The van der Waals surface area contributed by atoms with Crippen LogP contribution in [0.2, 0.25) is 0 Å². The molecule has 0 saturated carbocycles. The van der Waals surface area contributed by atoms with Gasteiger partial charge in [0.25, 0.3) is 0 Å². The van der Waals surface area contributed by atoms with Crippen molar-refractivity contribution in [2.24, 2.45) is 0 Å². The second kappa shape index (κ2) is 4.56. The van der Waals surface area contributed by atoms with E-state index in [-0.39, 0.29) is 6.42 Å². The van der Waals surface area contributed by atoms with Crippen LogP contribution in [0.1, 0.15) is 26.2 Å². The largest absolute Gasteiger partial charge is 0.524 e. The van der Waals surface area contributed by atoms with E-state index in [9.17, 15) is 13.2 Å². The summed E-state index contributed by atoms with van der Waals surface area (Å²) in [5, 5.41) is 8.57. The Hall–Kier alpha value is -0.290. The Morgan fingerprint density at radius 1 is 1.45 bits per heavy atom. The van der Waals surface area contributed by atoms with Crippen molar-refractivity contribution in [1.82, 2.24) is 0 Å². The van der Waals surface area contributed by atoms with Crippen LogP contribution in [0.5, 0.6) is 0 Å². The first-order valence-corrected chi connectivity index (χ1v) is 3.38. The third kappa shape index (κ3) is 7.61. The number of unbranched alkanes of at least 4 members (excludes halogenated alkanes) is 1. The van der Waals surface area contributed by atoms with Gasteiger partial charge in [-0.15, -0.1) is 13.2 Å². The van der Waals surface area contributed by atoms with E-state index in [1.807, 2.05) is 6.92 Å². The van der Waals surface area contributed by atoms with Gasteiger partial charge in [-0.1, -0.05) is 13.3 Å². The van der Waals surface area contributed by atoms with Gasteiger partial charge in [0.1, 0.15) is 0 Å². The SMILES string of the molecule is CCCCC(O)OC(F)(F)F. The number of aliphatic hydroxyl groups is 1. The van der Waals surface area contributed by atoms with Gasteiger partial charge in [-0.25, -0.2) is 0 Å². The highest BCUT2D eigenvalue weighted by molar-refractivity contribution is 4.42. The highest BCUT2D eigenvalue weighted by Gasteiger charge is 2.32. The number of halogens is 3. The lowest BCUT2D eigenvalue weighted by molar-refractivity contribution is -0.372. The smallest absolute Gasteiger partial charge is 0.368 e. The van der Waals surface area contributed by atoms with Crippen molar-refractivity contribution in [3.05, 3.63) is 0 Å². The van der Waals surface area contributed by atoms with Gasteiger partial charge in [0, 0.05) is 0 Å². The maximum absolute atomic E-state index is 11.4. The molecule has 0 aromatic heterocycles. The molecule has 0 aliphatic carbocycles. The molecule has 2 nitrogen and oxygen atoms in total. The van der Waals surface area contributed by atoms with Crippen molar-refractivity contribution >= 4 is 0 Å². The fourth-order valence-corrected chi connectivity index (χ4v) is 0.592. The second-order valence-corrected chi connectivity index (χ2v) is 2.16. The zero-order valence-corrected chi connectivity index (χ0v) is 6.19. The Balaban J connectivity index is 3.44. The summed E-state index contributed by atoms with van der Waals surface area (Å²) in [5.41, 5.74) is 0. The summed E-state index contributed by atoms with van der Waals surface area (Å²) in [6, 6.07) is 0. The van der Waals surface area contributed by atoms with Gasteiger partial charge < -0.3 is 5.11 Å². The van der Waals surface area contributed by atoms with Gasteiger partial charge in [0.2, 0.25) is 0 Å². The molecule has 1 atom stereocenters. The van der Waals surface area contributed by atoms with Crippen LogP contribution >= 0.6 is 0 Å². The standard InChI is InChI=1S/C6H11F3O2/c1-2-3-4-5(10)11-6(7,8)9/h5,10H,2-4H2,1H3. The minimum Gasteiger partial charge on any atom is -0.368 e. The Labute approximate surface area is 63.0 Å². The lowest BCUT2D eigenvalue weighted by atomic mass is 10.2. The molecule has 0 spiro atoms. The van der Waals surface area contributed by atoms with Gasteiger partial charge in [-0.3, -0.25) is 4.74 Å². The molecule has 0 aliphatic rings. The van der Waals surface area contributed by atoms with E-state index < -0.39 is 12.7 Å². The van der Waals surface area contributed by atoms with E-state index in [2.05, 4.69) is 4.74 Å². The highest BCUT2D eigenvalue weighted by atomic mass is 19.4. The Morgan fingerprint density at radius 2 is 2.00 bits per heavy atom. The van der Waals surface area contributed by atoms with Crippen molar-refractivity contribution in [1.29, 1.82) is 0 Å². The minimum absolute atomic E-state index is 0.0238. The molecule has 0 fully saturated rings. The maximum Gasteiger partial charge on any atom is 0.524 e. The van der Waals surface area contributed by atoms with E-state index in [1.54, 1.807) is 0 Å². The Morgan fingerprint density at radius 3 is 2.36 bits per heavy atom. The van der Waals surface area contributed by atoms with Crippen molar-refractivity contribution in [3.8, 4) is 0 Å². The monoisotopic (exact) mass is 172 g/mol. The van der Waals surface area contributed by atoms with Gasteiger partial charge in [0.05, 0.1) is 0 Å². The number of alkyl halides is 3. The normalized spacial score (nSPS) is 15.0. The van der Waals surface area contributed by atoms with Crippen LogP contribution in [0.4, 0.5) is 13.2 Å². The predicted molar refractivity (Wildman–Crippen MR) is 32.7 cm³/mol. The maximum atomic E-state index is 11.4. The topological polar surface area (TPSA) is 29.5 Å². The molecule has 0 aromatic carbocycles. The third-order valence-electron chi connectivity index (χ3n) is 1.07. The molecule has 11 heavy (non-hydrogen) atoms. The molecule has 0 saturated heterocycles. The molecule has 0 rings (SSSR count). The first kappa shape index (κ1) is 10.7. The molecule has 0 amide bonds. The Kier molecular flexibility index (Phi) is 4.44. The fourth-order valence-electron chi connectivity index (χ4n) is 0.592. The summed E-state index contributed by atoms with van der Waals surface area (Å²) in [6.07, 6.45) is -5.16. The lowest BCUT2D eigenvalue weighted by Gasteiger charge is -2.12. The quantitative estimate of drug-likeness (QED) is 0.657. The van der Waals surface area contributed by atoms with Crippen LogP contribution in [0.15, 0.2) is 0 Å². The molecule has 68 valence electrons. The molecule has 5 heteroatoms. The number of rotatable bonds is 4.